The number of benzene rings is 2. The molecule has 0 saturated heterocycles. The lowest BCUT2D eigenvalue weighted by molar-refractivity contribution is 0.402. The van der Waals surface area contributed by atoms with Gasteiger partial charge in [0.25, 0.3) is 0 Å². The van der Waals surface area contributed by atoms with E-state index in [1.54, 1.807) is 6.92 Å². The second-order valence-corrected chi connectivity index (χ2v) is 4.39. The SMILES string of the molecule is Cc1ccc(-c2c(C)cccc2C)c(O)c1O. The van der Waals surface area contributed by atoms with E-state index in [1.165, 1.54) is 0 Å². The van der Waals surface area contributed by atoms with Crippen molar-refractivity contribution in [1.82, 2.24) is 0 Å². The minimum absolute atomic E-state index is 0.0369. The number of aromatic hydroxyl groups is 2. The van der Waals surface area contributed by atoms with Crippen molar-refractivity contribution in [2.45, 2.75) is 20.8 Å². The molecular weight excluding hydrogens is 212 g/mol. The fraction of sp³-hybridized carbons (Fsp3) is 0.200. The van der Waals surface area contributed by atoms with E-state index >= 15 is 0 Å². The average Bonchev–Trinajstić information content (AvgIpc) is 2.29. The molecule has 0 atom stereocenters. The Kier molecular flexibility index (Phi) is 2.80. The Labute approximate surface area is 101 Å². The smallest absolute Gasteiger partial charge is 0.165 e. The monoisotopic (exact) mass is 228 g/mol. The molecule has 2 aromatic carbocycles. The highest BCUT2D eigenvalue weighted by molar-refractivity contribution is 5.78. The fourth-order valence-electron chi connectivity index (χ4n) is 2.12. The summed E-state index contributed by atoms with van der Waals surface area (Å²) >= 11 is 0. The van der Waals surface area contributed by atoms with E-state index < -0.39 is 0 Å². The Morgan fingerprint density at radius 3 is 1.88 bits per heavy atom. The van der Waals surface area contributed by atoms with Gasteiger partial charge in [-0.15, -0.1) is 0 Å². The van der Waals surface area contributed by atoms with Crippen molar-refractivity contribution < 1.29 is 10.2 Å². The highest BCUT2D eigenvalue weighted by Gasteiger charge is 2.14. The van der Waals surface area contributed by atoms with Crippen LogP contribution >= 0.6 is 0 Å². The van der Waals surface area contributed by atoms with Crippen LogP contribution in [0.3, 0.4) is 0 Å². The molecule has 0 saturated carbocycles. The van der Waals surface area contributed by atoms with Gasteiger partial charge in [-0.3, -0.25) is 0 Å². The van der Waals surface area contributed by atoms with Gasteiger partial charge in [-0.1, -0.05) is 30.3 Å². The van der Waals surface area contributed by atoms with Gasteiger partial charge in [0.05, 0.1) is 0 Å². The van der Waals surface area contributed by atoms with Gasteiger partial charge in [0.15, 0.2) is 11.5 Å². The standard InChI is InChI=1S/C15H16O2/c1-9-5-4-6-10(2)13(9)12-8-7-11(3)14(16)15(12)17/h4-8,16-17H,1-3H3. The van der Waals surface area contributed by atoms with Crippen molar-refractivity contribution in [3.63, 3.8) is 0 Å². The Bertz CT molecular complexity index is 551. The molecule has 0 fully saturated rings. The van der Waals surface area contributed by atoms with Crippen LogP contribution in [-0.2, 0) is 0 Å². The summed E-state index contributed by atoms with van der Waals surface area (Å²) in [7, 11) is 0. The Morgan fingerprint density at radius 1 is 0.706 bits per heavy atom. The summed E-state index contributed by atoms with van der Waals surface area (Å²) in [5.41, 5.74) is 4.52. The van der Waals surface area contributed by atoms with Crippen LogP contribution in [0.25, 0.3) is 11.1 Å². The van der Waals surface area contributed by atoms with E-state index in [0.717, 1.165) is 16.7 Å². The molecule has 0 bridgehead atoms. The van der Waals surface area contributed by atoms with Crippen molar-refractivity contribution in [2.75, 3.05) is 0 Å². The molecule has 0 unspecified atom stereocenters. The highest BCUT2D eigenvalue weighted by Crippen LogP contribution is 2.40. The predicted octanol–water partition coefficient (Wildman–Crippen LogP) is 3.69. The lowest BCUT2D eigenvalue weighted by Crippen LogP contribution is -1.89. The number of hydrogen-bond donors (Lipinski definition) is 2. The number of aryl methyl sites for hydroxylation is 3. The maximum Gasteiger partial charge on any atom is 0.165 e. The molecule has 0 heterocycles. The van der Waals surface area contributed by atoms with E-state index in [2.05, 4.69) is 0 Å². The van der Waals surface area contributed by atoms with E-state index in [9.17, 15) is 10.2 Å². The molecule has 0 aliphatic rings. The molecule has 0 spiro atoms. The average molecular weight is 228 g/mol. The summed E-state index contributed by atoms with van der Waals surface area (Å²) < 4.78 is 0. The van der Waals surface area contributed by atoms with Gasteiger partial charge in [0.2, 0.25) is 0 Å². The van der Waals surface area contributed by atoms with Gasteiger partial charge in [-0.2, -0.15) is 0 Å². The third-order valence-electron chi connectivity index (χ3n) is 3.10. The normalized spacial score (nSPS) is 10.5. The van der Waals surface area contributed by atoms with Crippen molar-refractivity contribution in [3.05, 3.63) is 47.0 Å². The molecule has 0 amide bonds. The molecule has 0 radical (unpaired) electrons. The van der Waals surface area contributed by atoms with Gasteiger partial charge in [-0.25, -0.2) is 0 Å². The van der Waals surface area contributed by atoms with Crippen LogP contribution in [0.1, 0.15) is 16.7 Å². The molecule has 0 aromatic heterocycles. The van der Waals surface area contributed by atoms with E-state index in [0.29, 0.717) is 11.1 Å². The molecule has 17 heavy (non-hydrogen) atoms. The van der Waals surface area contributed by atoms with Crippen LogP contribution in [0.2, 0.25) is 0 Å². The van der Waals surface area contributed by atoms with Gasteiger partial charge >= 0.3 is 0 Å². The lowest BCUT2D eigenvalue weighted by atomic mass is 9.94. The maximum atomic E-state index is 10.0. The first-order chi connectivity index (χ1) is 8.02. The first kappa shape index (κ1) is 11.5. The van der Waals surface area contributed by atoms with Crippen molar-refractivity contribution in [2.24, 2.45) is 0 Å². The number of rotatable bonds is 1. The summed E-state index contributed by atoms with van der Waals surface area (Å²) in [4.78, 5) is 0. The van der Waals surface area contributed by atoms with Gasteiger partial charge in [-0.05, 0) is 43.0 Å². The topological polar surface area (TPSA) is 40.5 Å². The van der Waals surface area contributed by atoms with Crippen molar-refractivity contribution in [1.29, 1.82) is 0 Å². The molecular formula is C15H16O2. The summed E-state index contributed by atoms with van der Waals surface area (Å²) in [5.74, 6) is -0.0763. The van der Waals surface area contributed by atoms with Crippen molar-refractivity contribution in [3.8, 4) is 22.6 Å². The summed E-state index contributed by atoms with van der Waals surface area (Å²) in [6, 6.07) is 9.65. The minimum atomic E-state index is -0.0394. The van der Waals surface area contributed by atoms with E-state index in [4.69, 9.17) is 0 Å². The largest absolute Gasteiger partial charge is 0.504 e. The third kappa shape index (κ3) is 1.86. The summed E-state index contributed by atoms with van der Waals surface area (Å²) in [6.45, 7) is 5.76. The highest BCUT2D eigenvalue weighted by atomic mass is 16.3. The van der Waals surface area contributed by atoms with Crippen LogP contribution in [0.5, 0.6) is 11.5 Å². The van der Waals surface area contributed by atoms with E-state index in [-0.39, 0.29) is 11.5 Å². The number of phenols is 2. The molecule has 2 nitrogen and oxygen atoms in total. The van der Waals surface area contributed by atoms with Gasteiger partial charge in [0.1, 0.15) is 0 Å². The first-order valence-corrected chi connectivity index (χ1v) is 5.60. The van der Waals surface area contributed by atoms with Crippen LogP contribution < -0.4 is 0 Å². The first-order valence-electron chi connectivity index (χ1n) is 5.60. The van der Waals surface area contributed by atoms with Crippen LogP contribution in [0, 0.1) is 20.8 Å². The minimum Gasteiger partial charge on any atom is -0.504 e. The quantitative estimate of drug-likeness (QED) is 0.731. The second-order valence-electron chi connectivity index (χ2n) is 4.39. The zero-order valence-corrected chi connectivity index (χ0v) is 10.3. The molecule has 2 rings (SSSR count). The predicted molar refractivity (Wildman–Crippen MR) is 69.4 cm³/mol. The number of phenolic OH excluding ortho intramolecular Hbond substituents is 2. The summed E-state index contributed by atoms with van der Waals surface area (Å²) in [5, 5.41) is 19.8. The Balaban J connectivity index is 2.74. The third-order valence-corrected chi connectivity index (χ3v) is 3.10. The van der Waals surface area contributed by atoms with Gasteiger partial charge in [0, 0.05) is 5.56 Å². The molecule has 0 aliphatic heterocycles. The second kappa shape index (κ2) is 4.13. The van der Waals surface area contributed by atoms with E-state index in [1.807, 2.05) is 44.2 Å². The van der Waals surface area contributed by atoms with Crippen LogP contribution in [-0.4, -0.2) is 10.2 Å². The molecule has 2 aromatic rings. The Hall–Kier alpha value is -1.96. The molecule has 2 heteroatoms. The summed E-state index contributed by atoms with van der Waals surface area (Å²) in [6.07, 6.45) is 0. The zero-order valence-electron chi connectivity index (χ0n) is 10.3. The molecule has 88 valence electrons. The van der Waals surface area contributed by atoms with Crippen LogP contribution in [0.4, 0.5) is 0 Å². The molecule has 2 N–H and O–H groups in total. The Morgan fingerprint density at radius 2 is 1.29 bits per heavy atom. The lowest BCUT2D eigenvalue weighted by Gasteiger charge is -2.13. The number of hydrogen-bond acceptors (Lipinski definition) is 2. The maximum absolute atomic E-state index is 10.0. The van der Waals surface area contributed by atoms with Gasteiger partial charge < -0.3 is 10.2 Å². The fourth-order valence-corrected chi connectivity index (χ4v) is 2.12. The zero-order chi connectivity index (χ0) is 12.6. The molecule has 0 aliphatic carbocycles. The van der Waals surface area contributed by atoms with Crippen molar-refractivity contribution >= 4 is 0 Å². The van der Waals surface area contributed by atoms with Crippen LogP contribution in [0.15, 0.2) is 30.3 Å².